The summed E-state index contributed by atoms with van der Waals surface area (Å²) in [5, 5.41) is 2.67. The van der Waals surface area contributed by atoms with Crippen LogP contribution in [-0.2, 0) is 0 Å². The van der Waals surface area contributed by atoms with Crippen LogP contribution in [0.3, 0.4) is 0 Å². The molecule has 0 bridgehead atoms. The first-order chi connectivity index (χ1) is 7.15. The van der Waals surface area contributed by atoms with Gasteiger partial charge in [0.25, 0.3) is 0 Å². The van der Waals surface area contributed by atoms with Gasteiger partial charge in [0.1, 0.15) is 0 Å². The van der Waals surface area contributed by atoms with Crippen molar-refractivity contribution in [2.24, 2.45) is 11.7 Å². The number of nitrogens with two attached hydrogens (primary N) is 1. The van der Waals surface area contributed by atoms with Gasteiger partial charge in [0.05, 0.1) is 5.25 Å². The largest absolute Gasteiger partial charge is 0.329 e. The van der Waals surface area contributed by atoms with Gasteiger partial charge in [-0.2, -0.15) is 11.8 Å². The van der Waals surface area contributed by atoms with Gasteiger partial charge in [0, 0.05) is 11.4 Å². The quantitative estimate of drug-likeness (QED) is 0.821. The Morgan fingerprint density at radius 3 is 2.67 bits per heavy atom. The molecular weight excluding hydrogens is 222 g/mol. The molecule has 1 atom stereocenters. The Hall–Kier alpha value is 0.01000. The van der Waals surface area contributed by atoms with Gasteiger partial charge < -0.3 is 5.73 Å². The fourth-order valence-corrected chi connectivity index (χ4v) is 4.07. The van der Waals surface area contributed by atoms with Crippen molar-refractivity contribution >= 4 is 23.1 Å². The van der Waals surface area contributed by atoms with Crippen molar-refractivity contribution in [2.75, 3.05) is 12.3 Å². The number of thioether (sulfide) groups is 1. The van der Waals surface area contributed by atoms with E-state index in [4.69, 9.17) is 5.73 Å². The van der Waals surface area contributed by atoms with Gasteiger partial charge in [-0.1, -0.05) is 13.8 Å². The average molecular weight is 243 g/mol. The van der Waals surface area contributed by atoms with Gasteiger partial charge in [0.2, 0.25) is 0 Å². The first kappa shape index (κ1) is 13.1. The number of thiophene rings is 1. The minimum Gasteiger partial charge on any atom is -0.329 e. The molecule has 0 saturated carbocycles. The van der Waals surface area contributed by atoms with Gasteiger partial charge in [-0.3, -0.25) is 0 Å². The lowest BCUT2D eigenvalue weighted by atomic mass is 10.2. The molecule has 1 nitrogen and oxygen atoms in total. The molecule has 1 unspecified atom stereocenters. The molecule has 0 aromatic carbocycles. The van der Waals surface area contributed by atoms with Crippen molar-refractivity contribution in [1.82, 2.24) is 0 Å². The van der Waals surface area contributed by atoms with E-state index in [2.05, 4.69) is 32.2 Å². The number of hydrogen-bond donors (Lipinski definition) is 1. The van der Waals surface area contributed by atoms with Crippen LogP contribution in [0.1, 0.15) is 36.0 Å². The summed E-state index contributed by atoms with van der Waals surface area (Å²) in [5.74, 6) is 2.01. The lowest BCUT2D eigenvalue weighted by Crippen LogP contribution is -2.10. The van der Waals surface area contributed by atoms with Gasteiger partial charge in [0.15, 0.2) is 0 Å². The Balaban J connectivity index is 2.46. The van der Waals surface area contributed by atoms with Gasteiger partial charge in [-0.05, 0) is 42.0 Å². The van der Waals surface area contributed by atoms with E-state index in [-0.39, 0.29) is 0 Å². The van der Waals surface area contributed by atoms with E-state index >= 15 is 0 Å². The third-order valence-corrected chi connectivity index (χ3v) is 5.01. The van der Waals surface area contributed by atoms with E-state index in [1.54, 1.807) is 0 Å². The summed E-state index contributed by atoms with van der Waals surface area (Å²) in [6.45, 7) is 7.48. The molecular formula is C12H21NS2. The number of hydrogen-bond acceptors (Lipinski definition) is 3. The summed E-state index contributed by atoms with van der Waals surface area (Å²) < 4.78 is 0. The van der Waals surface area contributed by atoms with Crippen LogP contribution in [0.15, 0.2) is 11.4 Å². The predicted molar refractivity (Wildman–Crippen MR) is 72.8 cm³/mol. The van der Waals surface area contributed by atoms with E-state index in [1.165, 1.54) is 22.6 Å². The minimum absolute atomic E-state index is 0.503. The summed E-state index contributed by atoms with van der Waals surface area (Å²) in [6.07, 6.45) is 1.28. The highest BCUT2D eigenvalue weighted by atomic mass is 32.2. The van der Waals surface area contributed by atoms with Crippen LogP contribution in [0.5, 0.6) is 0 Å². The lowest BCUT2D eigenvalue weighted by molar-refractivity contribution is 0.631. The average Bonchev–Trinajstić information content (AvgIpc) is 2.59. The molecule has 1 aromatic heterocycles. The molecule has 0 aliphatic carbocycles. The molecule has 0 amide bonds. The maximum atomic E-state index is 5.84. The fraction of sp³-hybridized carbons (Fsp3) is 0.667. The normalized spacial score (nSPS) is 13.4. The SMILES string of the molecule is Cc1ccsc1C(CN)SCCC(C)C. The highest BCUT2D eigenvalue weighted by molar-refractivity contribution is 7.99. The fourth-order valence-electron chi connectivity index (χ4n) is 1.41. The van der Waals surface area contributed by atoms with Crippen LogP contribution in [0.4, 0.5) is 0 Å². The molecule has 15 heavy (non-hydrogen) atoms. The molecule has 2 N–H and O–H groups in total. The van der Waals surface area contributed by atoms with Crippen LogP contribution >= 0.6 is 23.1 Å². The van der Waals surface area contributed by atoms with Crippen molar-refractivity contribution in [3.8, 4) is 0 Å². The van der Waals surface area contributed by atoms with Crippen molar-refractivity contribution in [1.29, 1.82) is 0 Å². The summed E-state index contributed by atoms with van der Waals surface area (Å²) in [6, 6.07) is 2.19. The van der Waals surface area contributed by atoms with Crippen molar-refractivity contribution in [3.05, 3.63) is 21.9 Å². The molecule has 1 aromatic rings. The molecule has 0 spiro atoms. The molecule has 0 radical (unpaired) electrons. The van der Waals surface area contributed by atoms with Crippen LogP contribution in [0, 0.1) is 12.8 Å². The molecule has 0 aliphatic rings. The molecule has 0 saturated heterocycles. The second-order valence-electron chi connectivity index (χ2n) is 4.25. The van der Waals surface area contributed by atoms with Crippen LogP contribution < -0.4 is 5.73 Å². The smallest absolute Gasteiger partial charge is 0.0516 e. The highest BCUT2D eigenvalue weighted by Crippen LogP contribution is 2.34. The number of aryl methyl sites for hydroxylation is 1. The second kappa shape index (κ2) is 6.56. The van der Waals surface area contributed by atoms with E-state index in [1.807, 2.05) is 23.1 Å². The van der Waals surface area contributed by atoms with E-state index < -0.39 is 0 Å². The topological polar surface area (TPSA) is 26.0 Å². The summed E-state index contributed by atoms with van der Waals surface area (Å²) >= 11 is 3.85. The monoisotopic (exact) mass is 243 g/mol. The lowest BCUT2D eigenvalue weighted by Gasteiger charge is -2.14. The zero-order valence-corrected chi connectivity index (χ0v) is 11.5. The van der Waals surface area contributed by atoms with Crippen LogP contribution in [0.25, 0.3) is 0 Å². The zero-order valence-electron chi connectivity index (χ0n) is 9.82. The molecule has 1 heterocycles. The Morgan fingerprint density at radius 2 is 2.20 bits per heavy atom. The zero-order chi connectivity index (χ0) is 11.3. The molecule has 86 valence electrons. The van der Waals surface area contributed by atoms with Crippen LogP contribution in [-0.4, -0.2) is 12.3 Å². The van der Waals surface area contributed by atoms with Gasteiger partial charge >= 0.3 is 0 Å². The van der Waals surface area contributed by atoms with Crippen molar-refractivity contribution in [2.45, 2.75) is 32.4 Å². The summed E-state index contributed by atoms with van der Waals surface area (Å²) in [5.41, 5.74) is 7.23. The third kappa shape index (κ3) is 4.17. The maximum absolute atomic E-state index is 5.84. The summed E-state index contributed by atoms with van der Waals surface area (Å²) in [7, 11) is 0. The van der Waals surface area contributed by atoms with Gasteiger partial charge in [-0.25, -0.2) is 0 Å². The first-order valence-electron chi connectivity index (χ1n) is 5.50. The standard InChI is InChI=1S/C12H21NS2/c1-9(2)4-6-14-11(8-13)12-10(3)5-7-15-12/h5,7,9,11H,4,6,8,13H2,1-3H3. The predicted octanol–water partition coefficient (Wildman–Crippen LogP) is 3.84. The molecule has 1 rings (SSSR count). The first-order valence-corrected chi connectivity index (χ1v) is 7.43. The van der Waals surface area contributed by atoms with E-state index in [0.29, 0.717) is 5.25 Å². The van der Waals surface area contributed by atoms with Crippen LogP contribution in [0.2, 0.25) is 0 Å². The number of rotatable bonds is 6. The van der Waals surface area contributed by atoms with Crippen molar-refractivity contribution in [3.63, 3.8) is 0 Å². The molecule has 0 aliphatic heterocycles. The minimum atomic E-state index is 0.503. The van der Waals surface area contributed by atoms with E-state index in [9.17, 15) is 0 Å². The van der Waals surface area contributed by atoms with Gasteiger partial charge in [-0.15, -0.1) is 11.3 Å². The second-order valence-corrected chi connectivity index (χ2v) is 6.50. The Bertz CT molecular complexity index is 281. The molecule has 3 heteroatoms. The summed E-state index contributed by atoms with van der Waals surface area (Å²) in [4.78, 5) is 1.46. The third-order valence-electron chi connectivity index (χ3n) is 2.42. The maximum Gasteiger partial charge on any atom is 0.0516 e. The van der Waals surface area contributed by atoms with E-state index in [0.717, 1.165) is 12.5 Å². The Morgan fingerprint density at radius 1 is 1.47 bits per heavy atom. The highest BCUT2D eigenvalue weighted by Gasteiger charge is 2.13. The Labute approximate surface area is 101 Å². The molecule has 0 fully saturated rings. The Kier molecular flexibility index (Phi) is 5.72. The van der Waals surface area contributed by atoms with Crippen molar-refractivity contribution < 1.29 is 0 Å².